The van der Waals surface area contributed by atoms with Crippen LogP contribution < -0.4 is 4.90 Å². The molecule has 0 aliphatic carbocycles. The molecule has 2 heterocycles. The van der Waals surface area contributed by atoms with Crippen molar-refractivity contribution in [2.45, 2.75) is 4.90 Å². The van der Waals surface area contributed by atoms with Crippen molar-refractivity contribution in [1.82, 2.24) is 4.90 Å². The van der Waals surface area contributed by atoms with Gasteiger partial charge in [-0.1, -0.05) is 54.2 Å². The van der Waals surface area contributed by atoms with E-state index in [0.717, 1.165) is 16.1 Å². The van der Waals surface area contributed by atoms with Crippen molar-refractivity contribution in [3.63, 3.8) is 0 Å². The number of carbonyl (C=O) groups excluding carboxylic acids is 2. The fourth-order valence-electron chi connectivity index (χ4n) is 3.03. The van der Waals surface area contributed by atoms with Crippen LogP contribution in [0.5, 0.6) is 0 Å². The standard InChI is InChI=1S/C20H18N2O3S/c23-19-18(14-15-6-2-1-3-7-15)26-17-9-5-4-8-16(17)22(19)11-10-21-12-13-25-20(21)24/h1-9,14H,10-13H2/b18-14-. The van der Waals surface area contributed by atoms with Gasteiger partial charge in [-0.15, -0.1) is 0 Å². The van der Waals surface area contributed by atoms with E-state index >= 15 is 0 Å². The Labute approximate surface area is 156 Å². The monoisotopic (exact) mass is 366 g/mol. The molecule has 0 atom stereocenters. The highest BCUT2D eigenvalue weighted by molar-refractivity contribution is 8.04. The molecule has 26 heavy (non-hydrogen) atoms. The van der Waals surface area contributed by atoms with Gasteiger partial charge in [0.25, 0.3) is 5.91 Å². The second-order valence-electron chi connectivity index (χ2n) is 6.05. The summed E-state index contributed by atoms with van der Waals surface area (Å²) in [4.78, 5) is 29.9. The highest BCUT2D eigenvalue weighted by atomic mass is 32.2. The van der Waals surface area contributed by atoms with Gasteiger partial charge in [0.1, 0.15) is 6.61 Å². The van der Waals surface area contributed by atoms with Crippen LogP contribution in [0, 0.1) is 0 Å². The maximum Gasteiger partial charge on any atom is 0.410 e. The number of hydrogen-bond donors (Lipinski definition) is 0. The molecule has 2 amide bonds. The van der Waals surface area contributed by atoms with Gasteiger partial charge in [-0.05, 0) is 23.8 Å². The van der Waals surface area contributed by atoms with Crippen LogP contribution in [0.2, 0.25) is 0 Å². The molecule has 2 aliphatic rings. The van der Waals surface area contributed by atoms with E-state index in [2.05, 4.69) is 0 Å². The number of carbonyl (C=O) groups is 2. The minimum absolute atomic E-state index is 0.0369. The second-order valence-corrected chi connectivity index (χ2v) is 7.13. The lowest BCUT2D eigenvalue weighted by Gasteiger charge is -2.31. The Balaban J connectivity index is 1.62. The van der Waals surface area contributed by atoms with Crippen molar-refractivity contribution in [1.29, 1.82) is 0 Å². The third kappa shape index (κ3) is 3.32. The van der Waals surface area contributed by atoms with Gasteiger partial charge in [0.15, 0.2) is 0 Å². The van der Waals surface area contributed by atoms with Gasteiger partial charge >= 0.3 is 6.09 Å². The van der Waals surface area contributed by atoms with Crippen LogP contribution in [0.3, 0.4) is 0 Å². The van der Waals surface area contributed by atoms with Crippen LogP contribution in [0.4, 0.5) is 10.5 Å². The second kappa shape index (κ2) is 7.25. The summed E-state index contributed by atoms with van der Waals surface area (Å²) in [6, 6.07) is 17.7. The summed E-state index contributed by atoms with van der Waals surface area (Å²) < 4.78 is 4.97. The third-order valence-corrected chi connectivity index (χ3v) is 5.45. The number of cyclic esters (lactones) is 1. The van der Waals surface area contributed by atoms with E-state index < -0.39 is 0 Å². The van der Waals surface area contributed by atoms with Gasteiger partial charge in [-0.3, -0.25) is 4.79 Å². The minimum atomic E-state index is -0.308. The van der Waals surface area contributed by atoms with E-state index in [9.17, 15) is 9.59 Å². The zero-order chi connectivity index (χ0) is 17.9. The lowest BCUT2D eigenvalue weighted by Crippen LogP contribution is -2.41. The molecule has 1 saturated heterocycles. The van der Waals surface area contributed by atoms with Crippen LogP contribution in [0.1, 0.15) is 5.56 Å². The molecule has 2 aromatic rings. The number of benzene rings is 2. The molecule has 2 aliphatic heterocycles. The van der Waals surface area contributed by atoms with E-state index in [4.69, 9.17) is 4.74 Å². The summed E-state index contributed by atoms with van der Waals surface area (Å²) >= 11 is 1.49. The zero-order valence-electron chi connectivity index (χ0n) is 14.1. The van der Waals surface area contributed by atoms with Crippen LogP contribution in [0.25, 0.3) is 6.08 Å². The topological polar surface area (TPSA) is 49.9 Å². The molecule has 132 valence electrons. The number of hydrogen-bond acceptors (Lipinski definition) is 4. The highest BCUT2D eigenvalue weighted by Gasteiger charge is 2.30. The summed E-state index contributed by atoms with van der Waals surface area (Å²) in [5.41, 5.74) is 1.88. The van der Waals surface area contributed by atoms with Crippen molar-refractivity contribution in [3.05, 3.63) is 65.1 Å². The minimum Gasteiger partial charge on any atom is -0.448 e. The average Bonchev–Trinajstić information content (AvgIpc) is 3.07. The van der Waals surface area contributed by atoms with Crippen LogP contribution in [-0.4, -0.2) is 43.1 Å². The Kier molecular flexibility index (Phi) is 4.67. The highest BCUT2D eigenvalue weighted by Crippen LogP contribution is 2.41. The molecule has 0 bridgehead atoms. The first-order chi connectivity index (χ1) is 12.7. The Morgan fingerprint density at radius 1 is 1.00 bits per heavy atom. The Morgan fingerprint density at radius 2 is 1.77 bits per heavy atom. The number of para-hydroxylation sites is 1. The van der Waals surface area contributed by atoms with Gasteiger partial charge in [0.2, 0.25) is 0 Å². The fraction of sp³-hybridized carbons (Fsp3) is 0.200. The maximum absolute atomic E-state index is 13.1. The van der Waals surface area contributed by atoms with Crippen molar-refractivity contribution in [2.75, 3.05) is 31.1 Å². The fourth-order valence-corrected chi connectivity index (χ4v) is 4.09. The molecule has 0 unspecified atom stereocenters. The molecule has 4 rings (SSSR count). The zero-order valence-corrected chi connectivity index (χ0v) is 14.9. The van der Waals surface area contributed by atoms with E-state index in [0.29, 0.717) is 31.1 Å². The number of fused-ring (bicyclic) bond motifs is 1. The number of nitrogens with zero attached hydrogens (tertiary/aromatic N) is 2. The molecule has 0 N–H and O–H groups in total. The first kappa shape index (κ1) is 16.7. The predicted octanol–water partition coefficient (Wildman–Crippen LogP) is 3.62. The SMILES string of the molecule is O=C1OCCN1CCN1C(=O)/C(=C/c2ccccc2)Sc2ccccc21. The summed E-state index contributed by atoms with van der Waals surface area (Å²) in [5, 5.41) is 0. The molecule has 0 aromatic heterocycles. The molecule has 0 saturated carbocycles. The van der Waals surface area contributed by atoms with Crippen LogP contribution in [0.15, 0.2) is 64.4 Å². The first-order valence-corrected chi connectivity index (χ1v) is 9.31. The molecule has 1 fully saturated rings. The molecule has 6 heteroatoms. The summed E-state index contributed by atoms with van der Waals surface area (Å²) in [6.45, 7) is 1.89. The quantitative estimate of drug-likeness (QED) is 0.776. The van der Waals surface area contributed by atoms with Crippen molar-refractivity contribution < 1.29 is 14.3 Å². The number of rotatable bonds is 4. The van der Waals surface area contributed by atoms with Crippen LogP contribution in [-0.2, 0) is 9.53 Å². The van der Waals surface area contributed by atoms with Crippen molar-refractivity contribution in [3.8, 4) is 0 Å². The Bertz CT molecular complexity index is 866. The van der Waals surface area contributed by atoms with E-state index in [1.807, 2.05) is 60.7 Å². The number of ether oxygens (including phenoxy) is 1. The van der Waals surface area contributed by atoms with Gasteiger partial charge in [0, 0.05) is 18.0 Å². The first-order valence-electron chi connectivity index (χ1n) is 8.49. The molecule has 5 nitrogen and oxygen atoms in total. The van der Waals surface area contributed by atoms with Crippen molar-refractivity contribution in [2.24, 2.45) is 0 Å². The maximum atomic E-state index is 13.1. The number of amides is 2. The average molecular weight is 366 g/mol. The van der Waals surface area contributed by atoms with E-state index in [-0.39, 0.29) is 12.0 Å². The van der Waals surface area contributed by atoms with Crippen molar-refractivity contribution >= 4 is 35.5 Å². The summed E-state index contributed by atoms with van der Waals surface area (Å²) in [7, 11) is 0. The largest absolute Gasteiger partial charge is 0.448 e. The Hall–Kier alpha value is -2.73. The number of anilines is 1. The molecule has 0 radical (unpaired) electrons. The van der Waals surface area contributed by atoms with Gasteiger partial charge < -0.3 is 14.5 Å². The number of thioether (sulfide) groups is 1. The third-order valence-electron chi connectivity index (χ3n) is 4.37. The van der Waals surface area contributed by atoms with E-state index in [1.165, 1.54) is 11.8 Å². The Morgan fingerprint density at radius 3 is 2.54 bits per heavy atom. The summed E-state index contributed by atoms with van der Waals surface area (Å²) in [5.74, 6) is -0.0369. The van der Waals surface area contributed by atoms with Gasteiger partial charge in [0.05, 0.1) is 17.1 Å². The summed E-state index contributed by atoms with van der Waals surface area (Å²) in [6.07, 6.45) is 1.61. The van der Waals surface area contributed by atoms with E-state index in [1.54, 1.807) is 9.80 Å². The molecule has 0 spiro atoms. The smallest absolute Gasteiger partial charge is 0.410 e. The normalized spacial score (nSPS) is 18.2. The molecule has 2 aromatic carbocycles. The molecular formula is C20H18N2O3S. The lowest BCUT2D eigenvalue weighted by molar-refractivity contribution is -0.114. The van der Waals surface area contributed by atoms with Gasteiger partial charge in [-0.2, -0.15) is 0 Å². The predicted molar refractivity (Wildman–Crippen MR) is 102 cm³/mol. The van der Waals surface area contributed by atoms with Gasteiger partial charge in [-0.25, -0.2) is 4.79 Å². The lowest BCUT2D eigenvalue weighted by atomic mass is 10.2. The molecular weight excluding hydrogens is 348 g/mol. The van der Waals surface area contributed by atoms with Crippen LogP contribution >= 0.6 is 11.8 Å².